The number of rotatable bonds is 3. The third-order valence-electron chi connectivity index (χ3n) is 6.43. The van der Waals surface area contributed by atoms with Gasteiger partial charge in [-0.1, -0.05) is 31.4 Å². The second-order valence-electron chi connectivity index (χ2n) is 8.39. The van der Waals surface area contributed by atoms with Crippen molar-refractivity contribution in [2.75, 3.05) is 6.54 Å². The van der Waals surface area contributed by atoms with Crippen LogP contribution in [0.15, 0.2) is 40.8 Å². The number of benzene rings is 2. The molecule has 3 aromatic rings. The number of fused-ring (bicyclic) bond motifs is 1. The minimum absolute atomic E-state index is 0.126. The molecule has 2 aliphatic rings. The van der Waals surface area contributed by atoms with Crippen LogP contribution < -0.4 is 0 Å². The second-order valence-corrected chi connectivity index (χ2v) is 8.39. The third kappa shape index (κ3) is 3.48. The molecule has 30 heavy (non-hydrogen) atoms. The molecule has 156 valence electrons. The zero-order valence-electron chi connectivity index (χ0n) is 16.7. The number of nitrogens with zero attached hydrogens (tertiary/aromatic N) is 2. The summed E-state index contributed by atoms with van der Waals surface area (Å²) in [6.45, 7) is 0.749. The Morgan fingerprint density at radius 2 is 1.70 bits per heavy atom. The van der Waals surface area contributed by atoms with Crippen molar-refractivity contribution in [2.45, 2.75) is 51.0 Å². The Kier molecular flexibility index (Phi) is 5.01. The van der Waals surface area contributed by atoms with Gasteiger partial charge in [0.05, 0.1) is 0 Å². The molecule has 0 N–H and O–H groups in total. The zero-order chi connectivity index (χ0) is 20.7. The molecule has 2 heterocycles. The van der Waals surface area contributed by atoms with E-state index in [9.17, 15) is 13.6 Å². The third-order valence-corrected chi connectivity index (χ3v) is 6.43. The highest BCUT2D eigenvalue weighted by Crippen LogP contribution is 2.37. The van der Waals surface area contributed by atoms with E-state index in [2.05, 4.69) is 4.98 Å². The van der Waals surface area contributed by atoms with Gasteiger partial charge in [0.15, 0.2) is 17.2 Å². The van der Waals surface area contributed by atoms with Crippen LogP contribution in [0.4, 0.5) is 8.78 Å². The summed E-state index contributed by atoms with van der Waals surface area (Å²) in [6.07, 6.45) is 7.23. The maximum absolute atomic E-state index is 13.6. The smallest absolute Gasteiger partial charge is 0.226 e. The van der Waals surface area contributed by atoms with E-state index < -0.39 is 11.6 Å². The van der Waals surface area contributed by atoms with E-state index in [4.69, 9.17) is 4.42 Å². The van der Waals surface area contributed by atoms with Gasteiger partial charge in [-0.25, -0.2) is 13.8 Å². The minimum Gasteiger partial charge on any atom is -0.438 e. The molecule has 4 nitrogen and oxygen atoms in total. The summed E-state index contributed by atoms with van der Waals surface area (Å²) in [6, 6.07) is 9.14. The molecular formula is C24H24F2N2O2. The van der Waals surface area contributed by atoms with Crippen LogP contribution in [0.5, 0.6) is 0 Å². The molecule has 1 atom stereocenters. The Labute approximate surface area is 173 Å². The number of carbonyl (C=O) groups excluding carboxylic acids is 1. The number of aromatic nitrogens is 1. The molecule has 0 radical (unpaired) electrons. The molecule has 0 bridgehead atoms. The van der Waals surface area contributed by atoms with Crippen LogP contribution in [-0.2, 0) is 4.79 Å². The van der Waals surface area contributed by atoms with E-state index >= 15 is 0 Å². The summed E-state index contributed by atoms with van der Waals surface area (Å²) in [5, 5.41) is 0. The lowest BCUT2D eigenvalue weighted by Gasteiger charge is -2.29. The standard InChI is InChI=1S/C24H24F2N2O2/c25-18-10-8-16(13-19(18)26)17-9-11-22-20(14-17)27-23(30-22)21-7-4-12-28(21)24(29)15-5-2-1-3-6-15/h8-11,13-15,21H,1-7,12H2/t21-/m1/s1. The average molecular weight is 410 g/mol. The van der Waals surface area contributed by atoms with Crippen molar-refractivity contribution in [3.05, 3.63) is 53.9 Å². The van der Waals surface area contributed by atoms with Gasteiger partial charge in [-0.3, -0.25) is 4.79 Å². The van der Waals surface area contributed by atoms with E-state index in [1.165, 1.54) is 12.5 Å². The Morgan fingerprint density at radius 1 is 0.933 bits per heavy atom. The molecule has 1 aliphatic carbocycles. The van der Waals surface area contributed by atoms with Crippen molar-refractivity contribution in [3.63, 3.8) is 0 Å². The average Bonchev–Trinajstić information content (AvgIpc) is 3.42. The highest BCUT2D eigenvalue weighted by molar-refractivity contribution is 5.81. The van der Waals surface area contributed by atoms with E-state index in [1.54, 1.807) is 12.1 Å². The van der Waals surface area contributed by atoms with E-state index in [0.717, 1.165) is 56.7 Å². The van der Waals surface area contributed by atoms with Crippen molar-refractivity contribution in [3.8, 4) is 11.1 Å². The van der Waals surface area contributed by atoms with Crippen molar-refractivity contribution >= 4 is 17.0 Å². The molecule has 1 aliphatic heterocycles. The van der Waals surface area contributed by atoms with E-state index in [0.29, 0.717) is 22.6 Å². The summed E-state index contributed by atoms with van der Waals surface area (Å²) in [7, 11) is 0. The fourth-order valence-electron chi connectivity index (χ4n) is 4.81. The zero-order valence-corrected chi connectivity index (χ0v) is 16.7. The van der Waals surface area contributed by atoms with Crippen LogP contribution in [0.25, 0.3) is 22.2 Å². The number of carbonyl (C=O) groups is 1. The molecule has 1 amide bonds. The van der Waals surface area contributed by atoms with Crippen molar-refractivity contribution in [1.82, 2.24) is 9.88 Å². The summed E-state index contributed by atoms with van der Waals surface area (Å²) in [4.78, 5) is 19.7. The van der Waals surface area contributed by atoms with Crippen LogP contribution in [-0.4, -0.2) is 22.3 Å². The second kappa shape index (κ2) is 7.82. The molecule has 2 aromatic carbocycles. The van der Waals surface area contributed by atoms with Crippen LogP contribution in [0.3, 0.4) is 0 Å². The van der Waals surface area contributed by atoms with Crippen LogP contribution in [0, 0.1) is 17.6 Å². The van der Waals surface area contributed by atoms with E-state index in [-0.39, 0.29) is 17.9 Å². The van der Waals surface area contributed by atoms with Crippen LogP contribution in [0.2, 0.25) is 0 Å². The van der Waals surface area contributed by atoms with Gasteiger partial charge in [-0.15, -0.1) is 0 Å². The minimum atomic E-state index is -0.878. The fraction of sp³-hybridized carbons (Fsp3) is 0.417. The normalized spacial score (nSPS) is 20.2. The number of amides is 1. The monoisotopic (exact) mass is 410 g/mol. The summed E-state index contributed by atoms with van der Waals surface area (Å²) in [5.41, 5.74) is 2.61. The van der Waals surface area contributed by atoms with Gasteiger partial charge >= 0.3 is 0 Å². The summed E-state index contributed by atoms with van der Waals surface area (Å²) < 4.78 is 32.9. The van der Waals surface area contributed by atoms with Gasteiger partial charge in [-0.05, 0) is 61.1 Å². The Morgan fingerprint density at radius 3 is 2.50 bits per heavy atom. The van der Waals surface area contributed by atoms with Gasteiger partial charge in [-0.2, -0.15) is 0 Å². The fourth-order valence-corrected chi connectivity index (χ4v) is 4.81. The van der Waals surface area contributed by atoms with Crippen LogP contribution in [0.1, 0.15) is 56.9 Å². The van der Waals surface area contributed by atoms with Gasteiger partial charge < -0.3 is 9.32 Å². The Hall–Kier alpha value is -2.76. The van der Waals surface area contributed by atoms with Gasteiger partial charge in [0.1, 0.15) is 11.6 Å². The molecule has 0 unspecified atom stereocenters. The largest absolute Gasteiger partial charge is 0.438 e. The van der Waals surface area contributed by atoms with Crippen molar-refractivity contribution < 1.29 is 18.0 Å². The van der Waals surface area contributed by atoms with Gasteiger partial charge in [0, 0.05) is 12.5 Å². The molecular weight excluding hydrogens is 386 g/mol. The summed E-state index contributed by atoms with van der Waals surface area (Å²) >= 11 is 0. The first-order valence-electron chi connectivity index (χ1n) is 10.8. The molecule has 0 spiro atoms. The lowest BCUT2D eigenvalue weighted by molar-refractivity contribution is -0.137. The quantitative estimate of drug-likeness (QED) is 0.531. The number of hydrogen-bond acceptors (Lipinski definition) is 3. The highest BCUT2D eigenvalue weighted by Gasteiger charge is 2.36. The topological polar surface area (TPSA) is 46.3 Å². The van der Waals surface area contributed by atoms with Crippen molar-refractivity contribution in [2.24, 2.45) is 5.92 Å². The van der Waals surface area contributed by atoms with Gasteiger partial charge in [0.2, 0.25) is 11.8 Å². The predicted molar refractivity (Wildman–Crippen MR) is 110 cm³/mol. The molecule has 1 saturated heterocycles. The molecule has 6 heteroatoms. The molecule has 1 aromatic heterocycles. The lowest BCUT2D eigenvalue weighted by atomic mass is 9.88. The first-order valence-corrected chi connectivity index (χ1v) is 10.8. The predicted octanol–water partition coefficient (Wildman–Crippen LogP) is 6.02. The Balaban J connectivity index is 1.42. The maximum atomic E-state index is 13.6. The van der Waals surface area contributed by atoms with Gasteiger partial charge in [0.25, 0.3) is 0 Å². The van der Waals surface area contributed by atoms with Crippen LogP contribution >= 0.6 is 0 Å². The Bertz CT molecular complexity index is 1090. The number of hydrogen-bond donors (Lipinski definition) is 0. The summed E-state index contributed by atoms with van der Waals surface area (Å²) in [5.74, 6) is -0.816. The first-order chi connectivity index (χ1) is 14.6. The molecule has 1 saturated carbocycles. The molecule has 2 fully saturated rings. The first kappa shape index (κ1) is 19.2. The SMILES string of the molecule is O=C(C1CCCCC1)N1CCC[C@@H]1c1nc2cc(-c3ccc(F)c(F)c3)ccc2o1. The van der Waals surface area contributed by atoms with Crippen molar-refractivity contribution in [1.29, 1.82) is 0 Å². The highest BCUT2D eigenvalue weighted by atomic mass is 19.2. The number of likely N-dealkylation sites (tertiary alicyclic amines) is 1. The number of halogens is 2. The molecule has 5 rings (SSSR count). The lowest BCUT2D eigenvalue weighted by Crippen LogP contribution is -2.36. The number of oxazole rings is 1. The van der Waals surface area contributed by atoms with E-state index in [1.807, 2.05) is 17.0 Å². The maximum Gasteiger partial charge on any atom is 0.226 e.